The maximum Gasteiger partial charge on any atom is 0.405 e. The van der Waals surface area contributed by atoms with Crippen molar-refractivity contribution in [1.29, 1.82) is 0 Å². The van der Waals surface area contributed by atoms with E-state index >= 15 is 0 Å². The summed E-state index contributed by atoms with van der Waals surface area (Å²) in [5.41, 5.74) is 4.52. The van der Waals surface area contributed by atoms with Gasteiger partial charge >= 0.3 is 6.09 Å². The van der Waals surface area contributed by atoms with Crippen molar-refractivity contribution in [2.24, 2.45) is 5.73 Å². The summed E-state index contributed by atoms with van der Waals surface area (Å²) in [6, 6.07) is 0. The van der Waals surface area contributed by atoms with Gasteiger partial charge in [-0.2, -0.15) is 0 Å². The van der Waals surface area contributed by atoms with E-state index in [0.29, 0.717) is 6.42 Å². The van der Waals surface area contributed by atoms with E-state index in [1.54, 1.807) is 0 Å². The summed E-state index contributed by atoms with van der Waals surface area (Å²) in [6.07, 6.45) is 4.72. The van der Waals surface area contributed by atoms with Gasteiger partial charge in [0.15, 0.2) is 0 Å². The summed E-state index contributed by atoms with van der Waals surface area (Å²) in [4.78, 5) is 10.7. The highest BCUT2D eigenvalue weighted by Crippen LogP contribution is 2.34. The van der Waals surface area contributed by atoms with Gasteiger partial charge in [0.1, 0.15) is 5.60 Å². The molecule has 1 aliphatic carbocycles. The summed E-state index contributed by atoms with van der Waals surface area (Å²) in [5.74, 6) is 0. The quantitative estimate of drug-likeness (QED) is 0.696. The lowest BCUT2D eigenvalue weighted by Gasteiger charge is -2.35. The van der Waals surface area contributed by atoms with Crippen LogP contribution >= 0.6 is 0 Å². The minimum absolute atomic E-state index is 0.0489. The standard InChI is InChI=1S/C9H17NO3/c10-8(12)13-9(6-7-11)4-2-1-3-5-9/h11H,1-7H2,(H2,10,12). The molecule has 3 N–H and O–H groups in total. The van der Waals surface area contributed by atoms with E-state index in [1.807, 2.05) is 0 Å². The minimum atomic E-state index is -0.727. The van der Waals surface area contributed by atoms with Crippen molar-refractivity contribution in [1.82, 2.24) is 0 Å². The third-order valence-electron chi connectivity index (χ3n) is 2.65. The summed E-state index contributed by atoms with van der Waals surface area (Å²) < 4.78 is 5.10. The van der Waals surface area contributed by atoms with E-state index in [9.17, 15) is 4.79 Å². The number of ether oxygens (including phenoxy) is 1. The average molecular weight is 187 g/mol. The second kappa shape index (κ2) is 4.46. The summed E-state index contributed by atoms with van der Waals surface area (Å²) in [6.45, 7) is 0.0489. The monoisotopic (exact) mass is 187 g/mol. The van der Waals surface area contributed by atoms with Crippen LogP contribution in [0.4, 0.5) is 4.79 Å². The van der Waals surface area contributed by atoms with Crippen LogP contribution in [0.3, 0.4) is 0 Å². The number of amides is 1. The molecule has 1 aliphatic rings. The van der Waals surface area contributed by atoms with E-state index in [2.05, 4.69) is 0 Å². The van der Waals surface area contributed by atoms with Crippen LogP contribution in [-0.2, 0) is 4.74 Å². The van der Waals surface area contributed by atoms with Gasteiger partial charge in [0.25, 0.3) is 0 Å². The third kappa shape index (κ3) is 2.88. The number of carbonyl (C=O) groups is 1. The fraction of sp³-hybridized carbons (Fsp3) is 0.889. The van der Waals surface area contributed by atoms with Gasteiger partial charge in [-0.3, -0.25) is 0 Å². The van der Waals surface area contributed by atoms with E-state index in [-0.39, 0.29) is 6.61 Å². The first-order valence-corrected chi connectivity index (χ1v) is 4.78. The molecule has 4 heteroatoms. The number of aliphatic hydroxyl groups excluding tert-OH is 1. The lowest BCUT2D eigenvalue weighted by Crippen LogP contribution is -2.39. The highest BCUT2D eigenvalue weighted by Gasteiger charge is 2.34. The first-order chi connectivity index (χ1) is 6.18. The Bertz CT molecular complexity index is 170. The lowest BCUT2D eigenvalue weighted by molar-refractivity contribution is -0.0282. The first-order valence-electron chi connectivity index (χ1n) is 4.78. The zero-order valence-electron chi connectivity index (χ0n) is 7.79. The second-order valence-electron chi connectivity index (χ2n) is 3.64. The van der Waals surface area contributed by atoms with Gasteiger partial charge in [-0.15, -0.1) is 0 Å². The van der Waals surface area contributed by atoms with Crippen LogP contribution < -0.4 is 5.73 Å². The van der Waals surface area contributed by atoms with E-state index < -0.39 is 11.7 Å². The van der Waals surface area contributed by atoms with Gasteiger partial charge in [-0.1, -0.05) is 6.42 Å². The molecule has 0 bridgehead atoms. The SMILES string of the molecule is NC(=O)OC1(CCO)CCCCC1. The Morgan fingerprint density at radius 2 is 2.00 bits per heavy atom. The molecule has 0 aromatic carbocycles. The lowest BCUT2D eigenvalue weighted by atomic mass is 9.82. The van der Waals surface area contributed by atoms with E-state index in [4.69, 9.17) is 15.6 Å². The van der Waals surface area contributed by atoms with Crippen molar-refractivity contribution in [2.75, 3.05) is 6.61 Å². The maximum atomic E-state index is 10.7. The zero-order valence-corrected chi connectivity index (χ0v) is 7.79. The topological polar surface area (TPSA) is 72.6 Å². The Morgan fingerprint density at radius 3 is 2.46 bits per heavy atom. The molecule has 1 saturated carbocycles. The molecule has 0 aromatic rings. The molecule has 0 spiro atoms. The van der Waals surface area contributed by atoms with Crippen LogP contribution in [0.5, 0.6) is 0 Å². The van der Waals surface area contributed by atoms with Crippen LogP contribution in [0, 0.1) is 0 Å². The van der Waals surface area contributed by atoms with Crippen molar-refractivity contribution >= 4 is 6.09 Å². The van der Waals surface area contributed by atoms with Crippen molar-refractivity contribution in [3.05, 3.63) is 0 Å². The fourth-order valence-electron chi connectivity index (χ4n) is 2.02. The number of rotatable bonds is 3. The Kier molecular flexibility index (Phi) is 3.54. The van der Waals surface area contributed by atoms with Crippen LogP contribution in [-0.4, -0.2) is 23.4 Å². The predicted molar refractivity (Wildman–Crippen MR) is 48.2 cm³/mol. The smallest absolute Gasteiger partial charge is 0.405 e. The van der Waals surface area contributed by atoms with Crippen LogP contribution in [0.25, 0.3) is 0 Å². The van der Waals surface area contributed by atoms with Gasteiger partial charge in [0, 0.05) is 13.0 Å². The van der Waals surface area contributed by atoms with Crippen molar-refractivity contribution in [2.45, 2.75) is 44.1 Å². The van der Waals surface area contributed by atoms with Crippen molar-refractivity contribution < 1.29 is 14.6 Å². The number of hydrogen-bond donors (Lipinski definition) is 2. The number of aliphatic hydroxyl groups is 1. The Hall–Kier alpha value is -0.770. The molecule has 0 unspecified atom stereocenters. The van der Waals surface area contributed by atoms with Gasteiger partial charge in [-0.05, 0) is 25.7 Å². The predicted octanol–water partition coefficient (Wildman–Crippen LogP) is 1.17. The Labute approximate surface area is 78.1 Å². The average Bonchev–Trinajstić information content (AvgIpc) is 2.04. The molecule has 4 nitrogen and oxygen atoms in total. The summed E-state index contributed by atoms with van der Waals surface area (Å²) in [5, 5.41) is 8.86. The van der Waals surface area contributed by atoms with E-state index in [1.165, 1.54) is 6.42 Å². The molecule has 13 heavy (non-hydrogen) atoms. The van der Waals surface area contributed by atoms with Crippen LogP contribution in [0.2, 0.25) is 0 Å². The van der Waals surface area contributed by atoms with Crippen LogP contribution in [0.1, 0.15) is 38.5 Å². The van der Waals surface area contributed by atoms with Gasteiger partial charge in [0.2, 0.25) is 0 Å². The van der Waals surface area contributed by atoms with Gasteiger partial charge < -0.3 is 15.6 Å². The zero-order chi connectivity index (χ0) is 9.73. The molecule has 0 saturated heterocycles. The number of primary amides is 1. The number of hydrogen-bond acceptors (Lipinski definition) is 3. The minimum Gasteiger partial charge on any atom is -0.443 e. The molecule has 0 atom stereocenters. The Morgan fingerprint density at radius 1 is 1.38 bits per heavy atom. The molecular formula is C9H17NO3. The molecule has 0 aliphatic heterocycles. The molecule has 1 fully saturated rings. The largest absolute Gasteiger partial charge is 0.443 e. The summed E-state index contributed by atoms with van der Waals surface area (Å²) in [7, 11) is 0. The fourth-order valence-corrected chi connectivity index (χ4v) is 2.02. The van der Waals surface area contributed by atoms with Gasteiger partial charge in [0.05, 0.1) is 0 Å². The molecule has 1 amide bonds. The highest BCUT2D eigenvalue weighted by molar-refractivity contribution is 5.65. The van der Waals surface area contributed by atoms with Crippen molar-refractivity contribution in [3.63, 3.8) is 0 Å². The first kappa shape index (κ1) is 10.3. The van der Waals surface area contributed by atoms with Crippen LogP contribution in [0.15, 0.2) is 0 Å². The summed E-state index contributed by atoms with van der Waals surface area (Å²) >= 11 is 0. The van der Waals surface area contributed by atoms with E-state index in [0.717, 1.165) is 25.7 Å². The molecule has 0 heterocycles. The highest BCUT2D eigenvalue weighted by atomic mass is 16.6. The second-order valence-corrected chi connectivity index (χ2v) is 3.64. The number of nitrogens with two attached hydrogens (primary N) is 1. The Balaban J connectivity index is 2.55. The molecule has 0 radical (unpaired) electrons. The molecular weight excluding hydrogens is 170 g/mol. The maximum absolute atomic E-state index is 10.7. The molecule has 76 valence electrons. The van der Waals surface area contributed by atoms with Crippen molar-refractivity contribution in [3.8, 4) is 0 Å². The molecule has 1 rings (SSSR count). The van der Waals surface area contributed by atoms with Gasteiger partial charge in [-0.25, -0.2) is 4.79 Å². The third-order valence-corrected chi connectivity index (χ3v) is 2.65. The molecule has 0 aromatic heterocycles. The normalized spacial score (nSPS) is 21.0. The number of carbonyl (C=O) groups excluding carboxylic acids is 1.